The molecule has 0 saturated heterocycles. The van der Waals surface area contributed by atoms with Crippen LogP contribution in [0.3, 0.4) is 0 Å². The molecule has 3 heteroatoms. The first-order valence-electron chi connectivity index (χ1n) is 2.09. The minimum Gasteiger partial charge on any atom is -0.374 e. The maximum atomic E-state index is 8.12. The number of hydrogen-bond donors (Lipinski definition) is 1. The summed E-state index contributed by atoms with van der Waals surface area (Å²) in [6.45, 7) is 7.57. The maximum absolute atomic E-state index is 8.12. The molecule has 1 radical (unpaired) electrons. The van der Waals surface area contributed by atoms with Crippen molar-refractivity contribution < 1.29 is 37.6 Å². The van der Waals surface area contributed by atoms with Crippen molar-refractivity contribution in [3.63, 3.8) is 0 Å². The molecule has 0 amide bonds. The van der Waals surface area contributed by atoms with Crippen LogP contribution < -0.4 is 0 Å². The monoisotopic (exact) mass is 197 g/mol. The van der Waals surface area contributed by atoms with Crippen molar-refractivity contribution in [2.45, 2.75) is 13.8 Å². The number of hydrogen-bond acceptors (Lipinski definition) is 1. The van der Waals surface area contributed by atoms with Gasteiger partial charge in [0.05, 0.1) is 0 Å². The van der Waals surface area contributed by atoms with Crippen molar-refractivity contribution in [2.75, 3.05) is 13.3 Å². The third-order valence-corrected chi connectivity index (χ3v) is 0. The first-order valence-corrected chi connectivity index (χ1v) is 4.28. The van der Waals surface area contributed by atoms with Gasteiger partial charge in [-0.25, -0.2) is 0 Å². The second-order valence-corrected chi connectivity index (χ2v) is 2.54. The average molecular weight is 197 g/mol. The molecule has 7 heavy (non-hydrogen) atoms. The molecule has 1 nitrogen and oxygen atoms in total. The molecule has 0 heterocycles. The van der Waals surface area contributed by atoms with Gasteiger partial charge in [0, 0.05) is 40.9 Å². The summed E-state index contributed by atoms with van der Waals surface area (Å²) < 4.78 is 0. The van der Waals surface area contributed by atoms with E-state index in [9.17, 15) is 0 Å². The minimum absolute atomic E-state index is 0. The van der Waals surface area contributed by atoms with Crippen LogP contribution >= 0.6 is 8.15 Å². The van der Waals surface area contributed by atoms with Gasteiger partial charge in [-0.3, -0.25) is 0 Å². The molecule has 0 aromatic carbocycles. The van der Waals surface area contributed by atoms with Crippen LogP contribution in [-0.2, 0) is 32.7 Å². The SMILES string of the molecule is CC.CP(C)O.[Y]. The maximum Gasteiger partial charge on any atom is 0.0187 e. The molecule has 0 atom stereocenters. The van der Waals surface area contributed by atoms with Crippen LogP contribution in [0.25, 0.3) is 0 Å². The molecule has 1 N–H and O–H groups in total. The van der Waals surface area contributed by atoms with Crippen LogP contribution in [-0.4, -0.2) is 18.2 Å². The van der Waals surface area contributed by atoms with Crippen LogP contribution in [0.15, 0.2) is 0 Å². The van der Waals surface area contributed by atoms with Gasteiger partial charge in [0.25, 0.3) is 0 Å². The van der Waals surface area contributed by atoms with Gasteiger partial charge in [0.2, 0.25) is 0 Å². The van der Waals surface area contributed by atoms with E-state index in [1.165, 1.54) is 0 Å². The Labute approximate surface area is 72.6 Å². The van der Waals surface area contributed by atoms with E-state index >= 15 is 0 Å². The quantitative estimate of drug-likeness (QED) is 0.585. The van der Waals surface area contributed by atoms with Gasteiger partial charge in [-0.15, -0.1) is 0 Å². The largest absolute Gasteiger partial charge is 0.374 e. The minimum atomic E-state index is -0.620. The normalized spacial score (nSPS) is 6.00. The zero-order valence-electron chi connectivity index (χ0n) is 5.47. The summed E-state index contributed by atoms with van der Waals surface area (Å²) in [4.78, 5) is 8.12. The Morgan fingerprint density at radius 3 is 1.14 bits per heavy atom. The Hall–Kier alpha value is 1.49. The fraction of sp³-hybridized carbons (Fsp3) is 1.00. The molecule has 0 aromatic rings. The van der Waals surface area contributed by atoms with Crippen LogP contribution in [0, 0.1) is 0 Å². The van der Waals surface area contributed by atoms with Crippen molar-refractivity contribution in [3.8, 4) is 0 Å². The van der Waals surface area contributed by atoms with Gasteiger partial charge in [-0.05, 0) is 13.3 Å². The van der Waals surface area contributed by atoms with E-state index in [0.717, 1.165) is 0 Å². The molecule has 43 valence electrons. The summed E-state index contributed by atoms with van der Waals surface area (Å²) in [7, 11) is -0.620. The van der Waals surface area contributed by atoms with E-state index in [1.54, 1.807) is 13.3 Å². The third kappa shape index (κ3) is 101. The first-order chi connectivity index (χ1) is 2.73. The van der Waals surface area contributed by atoms with Gasteiger partial charge in [0.15, 0.2) is 0 Å². The summed E-state index contributed by atoms with van der Waals surface area (Å²) in [5.74, 6) is 0. The average Bonchev–Trinajstić information content (AvgIpc) is 1.41. The molecule has 0 aliphatic rings. The second kappa shape index (κ2) is 15.6. The van der Waals surface area contributed by atoms with Gasteiger partial charge >= 0.3 is 0 Å². The molecule has 0 fully saturated rings. The Bertz CT molecular complexity index is 16.4. The Balaban J connectivity index is -0.0000000480. The second-order valence-electron chi connectivity index (χ2n) is 0.847. The Morgan fingerprint density at radius 2 is 1.14 bits per heavy atom. The van der Waals surface area contributed by atoms with Crippen LogP contribution in [0.4, 0.5) is 0 Å². The predicted octanol–water partition coefficient (Wildman–Crippen LogP) is 1.66. The molecule has 0 bridgehead atoms. The topological polar surface area (TPSA) is 20.2 Å². The van der Waals surface area contributed by atoms with E-state index in [4.69, 9.17) is 4.89 Å². The molecular weight excluding hydrogens is 184 g/mol. The van der Waals surface area contributed by atoms with Gasteiger partial charge in [0.1, 0.15) is 0 Å². The van der Waals surface area contributed by atoms with Crippen molar-refractivity contribution in [1.29, 1.82) is 0 Å². The zero-order valence-corrected chi connectivity index (χ0v) is 9.20. The van der Waals surface area contributed by atoms with Crippen molar-refractivity contribution in [1.82, 2.24) is 0 Å². The third-order valence-electron chi connectivity index (χ3n) is 0. The zero-order chi connectivity index (χ0) is 5.58. The van der Waals surface area contributed by atoms with Gasteiger partial charge in [-0.1, -0.05) is 13.8 Å². The Morgan fingerprint density at radius 1 is 1.14 bits per heavy atom. The molecule has 0 unspecified atom stereocenters. The molecule has 0 aromatic heterocycles. The smallest absolute Gasteiger partial charge is 0.0187 e. The molecule has 0 aliphatic carbocycles. The van der Waals surface area contributed by atoms with Crippen molar-refractivity contribution >= 4 is 8.15 Å². The summed E-state index contributed by atoms with van der Waals surface area (Å²) >= 11 is 0. The van der Waals surface area contributed by atoms with Crippen molar-refractivity contribution in [3.05, 3.63) is 0 Å². The van der Waals surface area contributed by atoms with Crippen molar-refractivity contribution in [2.24, 2.45) is 0 Å². The van der Waals surface area contributed by atoms with E-state index in [1.807, 2.05) is 13.8 Å². The van der Waals surface area contributed by atoms with E-state index in [0.29, 0.717) is 0 Å². The summed E-state index contributed by atoms with van der Waals surface area (Å²) in [6.07, 6.45) is 0. The van der Waals surface area contributed by atoms with Gasteiger partial charge < -0.3 is 4.89 Å². The molecule has 0 saturated carbocycles. The molecule has 0 spiro atoms. The fourth-order valence-electron chi connectivity index (χ4n) is 0. The summed E-state index contributed by atoms with van der Waals surface area (Å²) in [5.41, 5.74) is 0. The summed E-state index contributed by atoms with van der Waals surface area (Å²) in [5, 5.41) is 0. The van der Waals surface area contributed by atoms with E-state index < -0.39 is 8.15 Å². The molecular formula is C4H13OPY. The predicted molar refractivity (Wildman–Crippen MR) is 32.3 cm³/mol. The van der Waals surface area contributed by atoms with Gasteiger partial charge in [-0.2, -0.15) is 0 Å². The first kappa shape index (κ1) is 15.8. The van der Waals surface area contributed by atoms with E-state index in [-0.39, 0.29) is 32.7 Å². The van der Waals surface area contributed by atoms with E-state index in [2.05, 4.69) is 0 Å². The summed E-state index contributed by atoms with van der Waals surface area (Å²) in [6, 6.07) is 0. The Kier molecular flexibility index (Phi) is 35.3. The van der Waals surface area contributed by atoms with Crippen LogP contribution in [0.2, 0.25) is 0 Å². The fourth-order valence-corrected chi connectivity index (χ4v) is 0. The van der Waals surface area contributed by atoms with Crippen LogP contribution in [0.1, 0.15) is 13.8 Å². The molecule has 0 aliphatic heterocycles. The molecule has 0 rings (SSSR count). The standard InChI is InChI=1S/C2H7OP.C2H6.Y/c1-4(2)3;1-2;/h3H,1-2H3;1-2H3;. The van der Waals surface area contributed by atoms with Crippen LogP contribution in [0.5, 0.6) is 0 Å². The number of rotatable bonds is 0.